The number of hydrogen-bond acceptors (Lipinski definition) is 6. The van der Waals surface area contributed by atoms with E-state index in [4.69, 9.17) is 13.8 Å². The summed E-state index contributed by atoms with van der Waals surface area (Å²) >= 11 is 0. The second-order valence-corrected chi connectivity index (χ2v) is 10.7. The van der Waals surface area contributed by atoms with Crippen LogP contribution in [0.15, 0.2) is 60.7 Å². The molecule has 1 heterocycles. The van der Waals surface area contributed by atoms with Crippen molar-refractivity contribution in [3.05, 3.63) is 71.9 Å². The number of rotatable bonds is 12. The van der Waals surface area contributed by atoms with E-state index in [0.29, 0.717) is 0 Å². The number of nitrogens with one attached hydrogen (secondary N) is 2. The lowest BCUT2D eigenvalue weighted by Crippen LogP contribution is -2.51. The van der Waals surface area contributed by atoms with Crippen LogP contribution in [0.5, 0.6) is 0 Å². The molecule has 0 bridgehead atoms. The van der Waals surface area contributed by atoms with Gasteiger partial charge in [-0.25, -0.2) is 4.79 Å². The lowest BCUT2D eigenvalue weighted by molar-refractivity contribution is -0.126. The second-order valence-electron chi connectivity index (χ2n) is 8.31. The molecular formula is C26H34N3O6P. The molecule has 2 amide bonds. The molecule has 2 unspecified atom stereocenters. The molecule has 1 aromatic heterocycles. The van der Waals surface area contributed by atoms with E-state index in [2.05, 4.69) is 10.3 Å². The molecule has 36 heavy (non-hydrogen) atoms. The summed E-state index contributed by atoms with van der Waals surface area (Å²) in [6.45, 7) is 5.39. The summed E-state index contributed by atoms with van der Waals surface area (Å²) in [6, 6.07) is 18.0. The molecule has 0 saturated heterocycles. The van der Waals surface area contributed by atoms with E-state index in [-0.39, 0.29) is 26.2 Å². The molecular weight excluding hydrogens is 481 g/mol. The number of nitrogens with zero attached hydrogens (tertiary/aromatic N) is 1. The summed E-state index contributed by atoms with van der Waals surface area (Å²) in [5.41, 5.74) is 2.52. The van der Waals surface area contributed by atoms with Crippen molar-refractivity contribution in [3.8, 4) is 0 Å². The average Bonchev–Trinajstić information content (AvgIpc) is 3.29. The summed E-state index contributed by atoms with van der Waals surface area (Å²) in [6.07, 6.45) is -0.460. The Bertz CT molecular complexity index is 1160. The van der Waals surface area contributed by atoms with Gasteiger partial charge in [0.15, 0.2) is 0 Å². The molecule has 0 aliphatic carbocycles. The molecule has 0 fully saturated rings. The SMILES string of the molecule is CCOP(=O)(OCC)C(C)NC(=O)C(Cc1cc2ccccc2[nH]1)N(C)C(=O)OCc1ccccc1. The number of hydrogen-bond donors (Lipinski definition) is 2. The van der Waals surface area contributed by atoms with Crippen molar-refractivity contribution >= 4 is 30.5 Å². The first-order chi connectivity index (χ1) is 17.3. The maximum atomic E-state index is 13.4. The number of carbonyl (C=O) groups is 2. The molecule has 10 heteroatoms. The largest absolute Gasteiger partial charge is 0.445 e. The Kier molecular flexibility index (Phi) is 9.70. The number of aromatic nitrogens is 1. The molecule has 194 valence electrons. The van der Waals surface area contributed by atoms with Crippen LogP contribution in [0.25, 0.3) is 10.9 Å². The third-order valence-electron chi connectivity index (χ3n) is 5.71. The van der Waals surface area contributed by atoms with Crippen LogP contribution < -0.4 is 5.32 Å². The second kappa shape index (κ2) is 12.7. The van der Waals surface area contributed by atoms with Gasteiger partial charge >= 0.3 is 13.7 Å². The fourth-order valence-electron chi connectivity index (χ4n) is 3.81. The van der Waals surface area contributed by atoms with Crippen LogP contribution in [-0.2, 0) is 36.2 Å². The number of fused-ring (bicyclic) bond motifs is 1. The zero-order valence-electron chi connectivity index (χ0n) is 21.1. The average molecular weight is 516 g/mol. The van der Waals surface area contributed by atoms with Crippen LogP contribution in [0.2, 0.25) is 0 Å². The van der Waals surface area contributed by atoms with Crippen LogP contribution in [-0.4, -0.2) is 54.0 Å². The maximum Gasteiger partial charge on any atom is 0.410 e. The topological polar surface area (TPSA) is 110 Å². The highest BCUT2D eigenvalue weighted by atomic mass is 31.2. The normalized spacial score (nSPS) is 13.2. The van der Waals surface area contributed by atoms with Crippen molar-refractivity contribution in [2.24, 2.45) is 0 Å². The van der Waals surface area contributed by atoms with Crippen LogP contribution in [0.1, 0.15) is 32.0 Å². The molecule has 3 aromatic rings. The van der Waals surface area contributed by atoms with E-state index in [1.54, 1.807) is 20.8 Å². The summed E-state index contributed by atoms with van der Waals surface area (Å²) < 4.78 is 29.3. The van der Waals surface area contributed by atoms with Crippen molar-refractivity contribution in [2.45, 2.75) is 45.6 Å². The van der Waals surface area contributed by atoms with Gasteiger partial charge in [0.1, 0.15) is 18.4 Å². The van der Waals surface area contributed by atoms with E-state index in [0.717, 1.165) is 22.2 Å². The summed E-state index contributed by atoms with van der Waals surface area (Å²) in [5.74, 6) is -1.41. The predicted molar refractivity (Wildman–Crippen MR) is 139 cm³/mol. The number of para-hydroxylation sites is 1. The first kappa shape index (κ1) is 27.5. The molecule has 2 N–H and O–H groups in total. The maximum absolute atomic E-state index is 13.4. The number of benzene rings is 2. The molecule has 0 saturated carbocycles. The fraction of sp³-hybridized carbons (Fsp3) is 0.385. The van der Waals surface area contributed by atoms with Gasteiger partial charge < -0.3 is 24.1 Å². The highest BCUT2D eigenvalue weighted by Gasteiger charge is 2.36. The summed E-state index contributed by atoms with van der Waals surface area (Å²) in [5, 5.41) is 3.73. The Balaban J connectivity index is 1.80. The third kappa shape index (κ3) is 6.97. The molecule has 3 rings (SSSR count). The van der Waals surface area contributed by atoms with Gasteiger partial charge in [-0.15, -0.1) is 0 Å². The molecule has 2 aromatic carbocycles. The van der Waals surface area contributed by atoms with Gasteiger partial charge in [0, 0.05) is 24.7 Å². The van der Waals surface area contributed by atoms with Gasteiger partial charge in [0.25, 0.3) is 0 Å². The monoisotopic (exact) mass is 515 g/mol. The van der Waals surface area contributed by atoms with Gasteiger partial charge in [-0.3, -0.25) is 14.3 Å². The Morgan fingerprint density at radius 2 is 1.67 bits per heavy atom. The lowest BCUT2D eigenvalue weighted by Gasteiger charge is -2.29. The van der Waals surface area contributed by atoms with Crippen molar-refractivity contribution in [3.63, 3.8) is 0 Å². The first-order valence-electron chi connectivity index (χ1n) is 12.0. The number of H-pyrrole nitrogens is 1. The Hall–Kier alpha value is -3.13. The van der Waals surface area contributed by atoms with Crippen molar-refractivity contribution in [1.82, 2.24) is 15.2 Å². The molecule has 2 atom stereocenters. The summed E-state index contributed by atoms with van der Waals surface area (Å²) in [7, 11) is -2.08. The molecule has 0 spiro atoms. The van der Waals surface area contributed by atoms with Crippen LogP contribution in [0.3, 0.4) is 0 Å². The Morgan fingerprint density at radius 1 is 1.03 bits per heavy atom. The smallest absolute Gasteiger partial charge is 0.410 e. The van der Waals surface area contributed by atoms with Gasteiger partial charge in [-0.05, 0) is 43.9 Å². The molecule has 0 aliphatic rings. The number of amides is 2. The molecule has 9 nitrogen and oxygen atoms in total. The van der Waals surface area contributed by atoms with E-state index in [9.17, 15) is 14.2 Å². The summed E-state index contributed by atoms with van der Waals surface area (Å²) in [4.78, 5) is 30.9. The Labute approximate surface area is 211 Å². The number of ether oxygens (including phenoxy) is 1. The van der Waals surface area contributed by atoms with Crippen molar-refractivity contribution in [1.29, 1.82) is 0 Å². The highest BCUT2D eigenvalue weighted by Crippen LogP contribution is 2.51. The quantitative estimate of drug-likeness (QED) is 0.326. The number of aromatic amines is 1. The minimum absolute atomic E-state index is 0.0744. The minimum Gasteiger partial charge on any atom is -0.445 e. The standard InChI is InChI=1S/C26H34N3O6P/c1-5-34-36(32,35-6-2)19(3)27-25(30)24(17-22-16-21-14-10-11-15-23(21)28-22)29(4)26(31)33-18-20-12-8-7-9-13-20/h7-16,19,24,28H,5-6,17-18H2,1-4H3,(H,27,30). The molecule has 0 aliphatic heterocycles. The van der Waals surface area contributed by atoms with Crippen LogP contribution in [0, 0.1) is 0 Å². The lowest BCUT2D eigenvalue weighted by atomic mass is 10.1. The molecule has 0 radical (unpaired) electrons. The minimum atomic E-state index is -3.59. The number of carbonyl (C=O) groups excluding carboxylic acids is 2. The van der Waals surface area contributed by atoms with Gasteiger partial charge in [-0.1, -0.05) is 48.5 Å². The van der Waals surface area contributed by atoms with Gasteiger partial charge in [-0.2, -0.15) is 0 Å². The zero-order valence-corrected chi connectivity index (χ0v) is 22.0. The van der Waals surface area contributed by atoms with E-state index in [1.165, 1.54) is 11.9 Å². The first-order valence-corrected chi connectivity index (χ1v) is 13.6. The van der Waals surface area contributed by atoms with E-state index in [1.807, 2.05) is 60.7 Å². The van der Waals surface area contributed by atoms with Crippen LogP contribution >= 0.6 is 7.60 Å². The van der Waals surface area contributed by atoms with Crippen LogP contribution in [0.4, 0.5) is 4.79 Å². The zero-order chi connectivity index (χ0) is 26.1. The Morgan fingerprint density at radius 3 is 2.31 bits per heavy atom. The van der Waals surface area contributed by atoms with Crippen molar-refractivity contribution < 1.29 is 27.9 Å². The van der Waals surface area contributed by atoms with Crippen molar-refractivity contribution in [2.75, 3.05) is 20.3 Å². The fourth-order valence-corrected chi connectivity index (χ4v) is 5.33. The van der Waals surface area contributed by atoms with E-state index >= 15 is 0 Å². The predicted octanol–water partition coefficient (Wildman–Crippen LogP) is 5.08. The van der Waals surface area contributed by atoms with Gasteiger partial charge in [0.2, 0.25) is 5.91 Å². The highest BCUT2D eigenvalue weighted by molar-refractivity contribution is 7.54. The number of likely N-dealkylation sites (N-methyl/N-ethyl adjacent to an activating group) is 1. The van der Waals surface area contributed by atoms with E-state index < -0.39 is 31.4 Å². The third-order valence-corrected chi connectivity index (χ3v) is 8.02. The van der Waals surface area contributed by atoms with Gasteiger partial charge in [0.05, 0.1) is 13.2 Å².